The maximum Gasteiger partial charge on any atom is 0.268 e. The van der Waals surface area contributed by atoms with Crippen molar-refractivity contribution in [3.05, 3.63) is 75.7 Å². The summed E-state index contributed by atoms with van der Waals surface area (Å²) in [5.41, 5.74) is 1.01. The number of amides is 1. The smallest absolute Gasteiger partial charge is 0.268 e. The highest BCUT2D eigenvalue weighted by atomic mass is 35.5. The molecule has 0 saturated heterocycles. The van der Waals surface area contributed by atoms with Crippen LogP contribution < -0.4 is 5.32 Å². The molecule has 1 amide bonds. The molecule has 2 heterocycles. The Balaban J connectivity index is 1.68. The number of anilines is 1. The molecular formula is C18H12ClN3O2S. The number of carbonyl (C=O) groups excluding carboxylic acids is 1. The maximum absolute atomic E-state index is 12.2. The number of nitrogens with zero attached hydrogens (tertiary/aromatic N) is 2. The van der Waals surface area contributed by atoms with E-state index in [9.17, 15) is 4.79 Å². The average molecular weight is 370 g/mol. The van der Waals surface area contributed by atoms with Gasteiger partial charge in [0.1, 0.15) is 17.4 Å². The van der Waals surface area contributed by atoms with E-state index in [4.69, 9.17) is 21.3 Å². The number of rotatable bonds is 5. The normalized spacial score (nSPS) is 11.1. The lowest BCUT2D eigenvalue weighted by Crippen LogP contribution is -2.13. The van der Waals surface area contributed by atoms with Crippen molar-refractivity contribution in [2.75, 3.05) is 5.32 Å². The summed E-state index contributed by atoms with van der Waals surface area (Å²) < 4.78 is 5.12. The summed E-state index contributed by atoms with van der Waals surface area (Å²) in [4.78, 5) is 17.3. The van der Waals surface area contributed by atoms with Crippen molar-refractivity contribution < 1.29 is 9.21 Å². The molecule has 124 valence electrons. The molecular weight excluding hydrogens is 358 g/mol. The largest absolute Gasteiger partial charge is 0.465 e. The quantitative estimate of drug-likeness (QED) is 0.529. The average Bonchev–Trinajstić information content (AvgIpc) is 3.24. The zero-order chi connectivity index (χ0) is 17.6. The third-order valence-corrected chi connectivity index (χ3v) is 4.38. The summed E-state index contributed by atoms with van der Waals surface area (Å²) >= 11 is 7.33. The van der Waals surface area contributed by atoms with E-state index in [0.29, 0.717) is 22.3 Å². The standard InChI is InChI=1S/C18H12ClN3O2S/c19-14-4-1-3-12(7-14)8-16-11-21-18(25-16)22-17(23)13(10-20)9-15-5-2-6-24-15/h1-7,9,11H,8H2,(H,21,22,23)/b13-9+. The lowest BCUT2D eigenvalue weighted by atomic mass is 10.1. The fraction of sp³-hybridized carbons (Fsp3) is 0.0556. The molecule has 0 fully saturated rings. The second-order valence-electron chi connectivity index (χ2n) is 5.08. The minimum absolute atomic E-state index is 0.0541. The molecule has 7 heteroatoms. The van der Waals surface area contributed by atoms with Gasteiger partial charge in [-0.25, -0.2) is 4.98 Å². The van der Waals surface area contributed by atoms with Gasteiger partial charge in [0.2, 0.25) is 0 Å². The van der Waals surface area contributed by atoms with Crippen molar-refractivity contribution in [3.63, 3.8) is 0 Å². The summed E-state index contributed by atoms with van der Waals surface area (Å²) in [6.45, 7) is 0. The number of hydrogen-bond donors (Lipinski definition) is 1. The first-order valence-electron chi connectivity index (χ1n) is 7.30. The number of thiazole rings is 1. The molecule has 3 aromatic rings. The first-order chi connectivity index (χ1) is 12.1. The number of hydrogen-bond acceptors (Lipinski definition) is 5. The molecule has 0 atom stereocenters. The first-order valence-corrected chi connectivity index (χ1v) is 8.49. The van der Waals surface area contributed by atoms with E-state index >= 15 is 0 Å². The van der Waals surface area contributed by atoms with Crippen LogP contribution in [0, 0.1) is 11.3 Å². The Morgan fingerprint density at radius 1 is 1.40 bits per heavy atom. The minimum Gasteiger partial charge on any atom is -0.465 e. The molecule has 0 radical (unpaired) electrons. The molecule has 2 aromatic heterocycles. The minimum atomic E-state index is -0.525. The molecule has 0 aliphatic heterocycles. The molecule has 3 rings (SSSR count). The van der Waals surface area contributed by atoms with Gasteiger partial charge in [0.15, 0.2) is 5.13 Å². The summed E-state index contributed by atoms with van der Waals surface area (Å²) in [7, 11) is 0. The van der Waals surface area contributed by atoms with Gasteiger partial charge in [0.25, 0.3) is 5.91 Å². The van der Waals surface area contributed by atoms with Gasteiger partial charge in [-0.3, -0.25) is 10.1 Å². The van der Waals surface area contributed by atoms with Gasteiger partial charge in [0, 0.05) is 28.6 Å². The Kier molecular flexibility index (Phi) is 5.29. The van der Waals surface area contributed by atoms with Crippen molar-refractivity contribution in [1.82, 2.24) is 4.98 Å². The zero-order valence-corrected chi connectivity index (χ0v) is 14.5. The van der Waals surface area contributed by atoms with Gasteiger partial charge in [-0.05, 0) is 29.8 Å². The monoisotopic (exact) mass is 369 g/mol. The van der Waals surface area contributed by atoms with Crippen molar-refractivity contribution in [2.24, 2.45) is 0 Å². The van der Waals surface area contributed by atoms with Crippen molar-refractivity contribution in [3.8, 4) is 6.07 Å². The van der Waals surface area contributed by atoms with Crippen LogP contribution in [0.5, 0.6) is 0 Å². The Morgan fingerprint density at radius 2 is 2.28 bits per heavy atom. The fourth-order valence-electron chi connectivity index (χ4n) is 2.12. The number of halogens is 1. The Hall–Kier alpha value is -2.88. The number of nitriles is 1. The van der Waals surface area contributed by atoms with E-state index in [2.05, 4.69) is 10.3 Å². The summed E-state index contributed by atoms with van der Waals surface area (Å²) in [5, 5.41) is 12.9. The second-order valence-corrected chi connectivity index (χ2v) is 6.63. The predicted octanol–water partition coefficient (Wildman–Crippen LogP) is 4.53. The molecule has 0 unspecified atom stereocenters. The first kappa shape index (κ1) is 17.0. The maximum atomic E-state index is 12.2. The van der Waals surface area contributed by atoms with E-state index in [1.54, 1.807) is 18.3 Å². The van der Waals surface area contributed by atoms with Crippen LogP contribution in [-0.4, -0.2) is 10.9 Å². The summed E-state index contributed by atoms with van der Waals surface area (Å²) in [6.07, 6.45) is 5.22. The fourth-order valence-corrected chi connectivity index (χ4v) is 3.18. The van der Waals surface area contributed by atoms with Crippen molar-refractivity contribution >= 4 is 40.1 Å². The number of benzene rings is 1. The molecule has 1 N–H and O–H groups in total. The molecule has 0 aliphatic carbocycles. The van der Waals surface area contributed by atoms with Gasteiger partial charge in [-0.2, -0.15) is 5.26 Å². The zero-order valence-electron chi connectivity index (χ0n) is 12.9. The van der Waals surface area contributed by atoms with Crippen LogP contribution in [0.3, 0.4) is 0 Å². The van der Waals surface area contributed by atoms with Gasteiger partial charge in [0.05, 0.1) is 6.26 Å². The summed E-state index contributed by atoms with van der Waals surface area (Å²) in [6, 6.07) is 12.8. The van der Waals surface area contributed by atoms with E-state index < -0.39 is 5.91 Å². The molecule has 0 saturated carbocycles. The number of aromatic nitrogens is 1. The molecule has 25 heavy (non-hydrogen) atoms. The van der Waals surface area contributed by atoms with Crippen LogP contribution in [0.1, 0.15) is 16.2 Å². The van der Waals surface area contributed by atoms with Gasteiger partial charge < -0.3 is 4.42 Å². The lowest BCUT2D eigenvalue weighted by Gasteiger charge is -2.00. The van der Waals surface area contributed by atoms with E-state index in [-0.39, 0.29) is 5.57 Å². The molecule has 0 spiro atoms. The van der Waals surface area contributed by atoms with Gasteiger partial charge >= 0.3 is 0 Å². The van der Waals surface area contributed by atoms with Crippen molar-refractivity contribution in [2.45, 2.75) is 6.42 Å². The predicted molar refractivity (Wildman–Crippen MR) is 97.3 cm³/mol. The molecule has 0 aliphatic rings. The van der Waals surface area contributed by atoms with Crippen LogP contribution in [-0.2, 0) is 11.2 Å². The highest BCUT2D eigenvalue weighted by molar-refractivity contribution is 7.15. The van der Waals surface area contributed by atoms with Gasteiger partial charge in [-0.1, -0.05) is 23.7 Å². The molecule has 5 nitrogen and oxygen atoms in total. The van der Waals surface area contributed by atoms with Crippen LogP contribution in [0.2, 0.25) is 5.02 Å². The number of furan rings is 1. The van der Waals surface area contributed by atoms with Crippen molar-refractivity contribution in [1.29, 1.82) is 5.26 Å². The van der Waals surface area contributed by atoms with Crippen LogP contribution in [0.4, 0.5) is 5.13 Å². The van der Waals surface area contributed by atoms with E-state index in [1.165, 1.54) is 23.7 Å². The highest BCUT2D eigenvalue weighted by Gasteiger charge is 2.13. The summed E-state index contributed by atoms with van der Waals surface area (Å²) in [5.74, 6) is -0.0879. The van der Waals surface area contributed by atoms with E-state index in [1.807, 2.05) is 30.3 Å². The van der Waals surface area contributed by atoms with Gasteiger partial charge in [-0.15, -0.1) is 11.3 Å². The third kappa shape index (κ3) is 4.57. The lowest BCUT2D eigenvalue weighted by molar-refractivity contribution is -0.112. The van der Waals surface area contributed by atoms with Crippen LogP contribution in [0.25, 0.3) is 6.08 Å². The molecule has 0 bridgehead atoms. The molecule has 1 aromatic carbocycles. The second kappa shape index (κ2) is 7.79. The van der Waals surface area contributed by atoms with Crippen LogP contribution >= 0.6 is 22.9 Å². The number of carbonyl (C=O) groups is 1. The highest BCUT2D eigenvalue weighted by Crippen LogP contribution is 2.23. The topological polar surface area (TPSA) is 78.9 Å². The third-order valence-electron chi connectivity index (χ3n) is 3.24. The Bertz CT molecular complexity index is 955. The SMILES string of the molecule is N#C/C(=C\c1ccco1)C(=O)Nc1ncc(Cc2cccc(Cl)c2)s1. The Labute approximate surface area is 153 Å². The van der Waals surface area contributed by atoms with Crippen LogP contribution in [0.15, 0.2) is 58.8 Å². The number of nitrogens with one attached hydrogen (secondary N) is 1. The van der Waals surface area contributed by atoms with E-state index in [0.717, 1.165) is 10.4 Å². The Morgan fingerprint density at radius 3 is 3.00 bits per heavy atom.